The van der Waals surface area contributed by atoms with Crippen molar-refractivity contribution in [3.05, 3.63) is 35.4 Å². The lowest BCUT2D eigenvalue weighted by Crippen LogP contribution is -2.28. The maximum absolute atomic E-state index is 5.94. The predicted molar refractivity (Wildman–Crippen MR) is 106 cm³/mol. The molecule has 27 heavy (non-hydrogen) atoms. The molecular weight excluding hydrogens is 338 g/mol. The fourth-order valence-electron chi connectivity index (χ4n) is 4.34. The summed E-state index contributed by atoms with van der Waals surface area (Å²) in [4.78, 5) is 2.56. The van der Waals surface area contributed by atoms with Gasteiger partial charge in [0.15, 0.2) is 0 Å². The molecule has 2 aliphatic rings. The largest absolute Gasteiger partial charge is 0.494 e. The minimum Gasteiger partial charge on any atom is -0.494 e. The van der Waals surface area contributed by atoms with Crippen molar-refractivity contribution < 1.29 is 9.47 Å². The molecule has 144 valence electrons. The van der Waals surface area contributed by atoms with E-state index in [0.717, 1.165) is 61.9 Å². The number of aromatic nitrogens is 2. The summed E-state index contributed by atoms with van der Waals surface area (Å²) in [5.41, 5.74) is 4.59. The van der Waals surface area contributed by atoms with Gasteiger partial charge < -0.3 is 14.4 Å². The van der Waals surface area contributed by atoms with Crippen LogP contribution < -0.4 is 9.47 Å². The normalized spacial score (nSPS) is 19.3. The van der Waals surface area contributed by atoms with Crippen molar-refractivity contribution >= 4 is 0 Å². The zero-order chi connectivity index (χ0) is 18.6. The molecule has 1 atom stereocenters. The van der Waals surface area contributed by atoms with Gasteiger partial charge in [0.2, 0.25) is 5.88 Å². The van der Waals surface area contributed by atoms with Crippen LogP contribution in [0.15, 0.2) is 24.3 Å². The number of ether oxygens (including phenoxy) is 2. The molecule has 0 N–H and O–H groups in total. The van der Waals surface area contributed by atoms with Gasteiger partial charge in [0.25, 0.3) is 0 Å². The first-order valence-corrected chi connectivity index (χ1v) is 10.2. The number of hydrogen-bond donors (Lipinski definition) is 0. The molecule has 0 bridgehead atoms. The highest BCUT2D eigenvalue weighted by Crippen LogP contribution is 2.35. The van der Waals surface area contributed by atoms with Crippen LogP contribution in [-0.2, 0) is 12.8 Å². The highest BCUT2D eigenvalue weighted by atomic mass is 16.5. The lowest BCUT2D eigenvalue weighted by molar-refractivity contribution is 0.230. The molecule has 0 saturated carbocycles. The summed E-state index contributed by atoms with van der Waals surface area (Å²) >= 11 is 0. The Bertz CT molecular complexity index is 776. The summed E-state index contributed by atoms with van der Waals surface area (Å²) in [6, 6.07) is 9.00. The van der Waals surface area contributed by atoms with Gasteiger partial charge in [-0.05, 0) is 81.8 Å². The maximum atomic E-state index is 5.94. The Morgan fingerprint density at radius 1 is 1.07 bits per heavy atom. The van der Waals surface area contributed by atoms with Crippen molar-refractivity contribution in [1.29, 1.82) is 0 Å². The van der Waals surface area contributed by atoms with Crippen LogP contribution in [0.5, 0.6) is 11.6 Å². The first-order valence-electron chi connectivity index (χ1n) is 10.2. The minimum atomic E-state index is 0.679. The molecule has 5 heteroatoms. The molecule has 5 nitrogen and oxygen atoms in total. The van der Waals surface area contributed by atoms with E-state index in [2.05, 4.69) is 34.2 Å². The van der Waals surface area contributed by atoms with E-state index in [9.17, 15) is 0 Å². The summed E-state index contributed by atoms with van der Waals surface area (Å²) in [7, 11) is 1.67. The van der Waals surface area contributed by atoms with Gasteiger partial charge in [-0.2, -0.15) is 0 Å². The van der Waals surface area contributed by atoms with Crippen molar-refractivity contribution in [1.82, 2.24) is 15.1 Å². The van der Waals surface area contributed by atoms with Crippen molar-refractivity contribution in [2.24, 2.45) is 0 Å². The van der Waals surface area contributed by atoms with Gasteiger partial charge in [-0.15, -0.1) is 10.2 Å². The molecule has 4 rings (SSSR count). The van der Waals surface area contributed by atoms with Crippen LogP contribution >= 0.6 is 0 Å². The van der Waals surface area contributed by atoms with E-state index >= 15 is 0 Å². The van der Waals surface area contributed by atoms with E-state index < -0.39 is 0 Å². The van der Waals surface area contributed by atoms with Gasteiger partial charge in [0, 0.05) is 23.7 Å². The third-order valence-corrected chi connectivity index (χ3v) is 5.87. The number of benzene rings is 1. The topological polar surface area (TPSA) is 47.5 Å². The lowest BCUT2D eigenvalue weighted by atomic mass is 10.0. The summed E-state index contributed by atoms with van der Waals surface area (Å²) in [6.45, 7) is 5.46. The fourth-order valence-corrected chi connectivity index (χ4v) is 4.34. The molecular formula is C22H29N3O2. The third kappa shape index (κ3) is 3.93. The average molecular weight is 367 g/mol. The van der Waals surface area contributed by atoms with Crippen LogP contribution in [0, 0.1) is 0 Å². The Hall–Kier alpha value is -2.14. The number of nitrogens with zero attached hydrogens (tertiary/aromatic N) is 3. The van der Waals surface area contributed by atoms with Crippen LogP contribution in [0.2, 0.25) is 0 Å². The van der Waals surface area contributed by atoms with E-state index in [0.29, 0.717) is 5.88 Å². The van der Waals surface area contributed by atoms with Crippen LogP contribution in [0.1, 0.15) is 43.7 Å². The molecule has 2 aromatic rings. The van der Waals surface area contributed by atoms with Crippen LogP contribution in [0.4, 0.5) is 0 Å². The van der Waals surface area contributed by atoms with Crippen LogP contribution in [0.3, 0.4) is 0 Å². The smallest absolute Gasteiger partial charge is 0.236 e. The minimum absolute atomic E-state index is 0.679. The second-order valence-electron chi connectivity index (χ2n) is 7.62. The summed E-state index contributed by atoms with van der Waals surface area (Å²) in [6.07, 6.45) is 6.95. The van der Waals surface area contributed by atoms with Crippen molar-refractivity contribution in [3.63, 3.8) is 0 Å². The summed E-state index contributed by atoms with van der Waals surface area (Å²) in [5.74, 6) is 1.60. The quantitative estimate of drug-likeness (QED) is 0.695. The predicted octanol–water partition coefficient (Wildman–Crippen LogP) is 3.89. The molecule has 1 unspecified atom stereocenters. The zero-order valence-corrected chi connectivity index (χ0v) is 16.4. The molecule has 1 aromatic heterocycles. The summed E-state index contributed by atoms with van der Waals surface area (Å²) < 4.78 is 11.3. The number of rotatable bonds is 7. The molecule has 1 aromatic carbocycles. The molecule has 1 aliphatic heterocycles. The molecule has 1 aliphatic carbocycles. The summed E-state index contributed by atoms with van der Waals surface area (Å²) in [5, 5.41) is 8.69. The molecule has 1 fully saturated rings. The number of fused-ring (bicyclic) bond motifs is 1. The van der Waals surface area contributed by atoms with Gasteiger partial charge in [0.1, 0.15) is 5.75 Å². The maximum Gasteiger partial charge on any atom is 0.236 e. The van der Waals surface area contributed by atoms with Crippen molar-refractivity contribution in [2.45, 2.75) is 51.5 Å². The molecule has 0 spiro atoms. The first kappa shape index (κ1) is 18.2. The Morgan fingerprint density at radius 2 is 1.89 bits per heavy atom. The van der Waals surface area contributed by atoms with Gasteiger partial charge in [-0.25, -0.2) is 0 Å². The van der Waals surface area contributed by atoms with E-state index in [1.165, 1.54) is 30.5 Å². The number of methoxy groups -OCH3 is 1. The second kappa shape index (κ2) is 8.26. The average Bonchev–Trinajstić information content (AvgIpc) is 3.34. The van der Waals surface area contributed by atoms with E-state index in [1.807, 2.05) is 12.1 Å². The second-order valence-corrected chi connectivity index (χ2v) is 7.62. The highest BCUT2D eigenvalue weighted by Gasteiger charge is 2.22. The van der Waals surface area contributed by atoms with E-state index in [4.69, 9.17) is 9.47 Å². The molecule has 2 heterocycles. The monoisotopic (exact) mass is 367 g/mol. The standard InChI is InChI=1S/C22H29N3O2/c1-16-6-4-13-25(16)14-5-15-27-18-11-9-17(10-12-18)21-19-7-3-8-20(19)22(26-2)24-23-21/h9-12,16H,3-8,13-15H2,1-2H3. The van der Waals surface area contributed by atoms with E-state index in [1.54, 1.807) is 7.11 Å². The van der Waals surface area contributed by atoms with Crippen LogP contribution in [0.25, 0.3) is 11.3 Å². The SMILES string of the molecule is COc1nnc(-c2ccc(OCCCN3CCCC3C)cc2)c2c1CCC2. The Kier molecular flexibility index (Phi) is 5.58. The highest BCUT2D eigenvalue weighted by molar-refractivity contribution is 5.66. The van der Waals surface area contributed by atoms with Gasteiger partial charge in [0.05, 0.1) is 19.4 Å². The van der Waals surface area contributed by atoms with Crippen molar-refractivity contribution in [2.75, 3.05) is 26.8 Å². The number of hydrogen-bond acceptors (Lipinski definition) is 5. The Balaban J connectivity index is 1.36. The lowest BCUT2D eigenvalue weighted by Gasteiger charge is -2.20. The first-order chi connectivity index (χ1) is 13.3. The molecule has 1 saturated heterocycles. The third-order valence-electron chi connectivity index (χ3n) is 5.87. The van der Waals surface area contributed by atoms with E-state index in [-0.39, 0.29) is 0 Å². The fraction of sp³-hybridized carbons (Fsp3) is 0.545. The van der Waals surface area contributed by atoms with Gasteiger partial charge >= 0.3 is 0 Å². The number of likely N-dealkylation sites (tertiary alicyclic amines) is 1. The molecule has 0 amide bonds. The van der Waals surface area contributed by atoms with Gasteiger partial charge in [-0.1, -0.05) is 0 Å². The van der Waals surface area contributed by atoms with Gasteiger partial charge in [-0.3, -0.25) is 0 Å². The molecule has 0 radical (unpaired) electrons. The zero-order valence-electron chi connectivity index (χ0n) is 16.4. The van der Waals surface area contributed by atoms with Crippen LogP contribution in [-0.4, -0.2) is 47.9 Å². The van der Waals surface area contributed by atoms with Crippen molar-refractivity contribution in [3.8, 4) is 22.9 Å². The Labute approximate surface area is 161 Å². The Morgan fingerprint density at radius 3 is 2.63 bits per heavy atom.